The first kappa shape index (κ1) is 21.0. The van der Waals surface area contributed by atoms with Gasteiger partial charge in [-0.2, -0.15) is 0 Å². The summed E-state index contributed by atoms with van der Waals surface area (Å²) in [6.07, 6.45) is 1.60. The zero-order chi connectivity index (χ0) is 23.2. The molecule has 9 heteroatoms. The predicted octanol–water partition coefficient (Wildman–Crippen LogP) is 3.74. The van der Waals surface area contributed by atoms with Gasteiger partial charge in [0.25, 0.3) is 0 Å². The topological polar surface area (TPSA) is 78.9 Å². The second kappa shape index (κ2) is 6.95. The third-order valence-corrected chi connectivity index (χ3v) is 8.39. The van der Waals surface area contributed by atoms with Crippen molar-refractivity contribution in [2.45, 2.75) is 31.3 Å². The SMILES string of the molecule is COc1ccc(Cl)cc1N1C(=O)[C@H]2[C@@H](C1=O)[C@]1(C(=O)Nc3c1ccc(Cl)c3C)N1CCC[C@@H]21. The second-order valence-corrected chi connectivity index (χ2v) is 9.89. The van der Waals surface area contributed by atoms with Crippen LogP contribution in [0.3, 0.4) is 0 Å². The van der Waals surface area contributed by atoms with Crippen LogP contribution >= 0.6 is 23.2 Å². The number of fused-ring (bicyclic) bond motifs is 7. The van der Waals surface area contributed by atoms with Gasteiger partial charge in [0, 0.05) is 21.7 Å². The van der Waals surface area contributed by atoms with Crippen LogP contribution in [0.5, 0.6) is 5.75 Å². The molecular formula is C24H21Cl2N3O4. The fraction of sp³-hybridized carbons (Fsp3) is 0.375. The van der Waals surface area contributed by atoms with Gasteiger partial charge in [-0.05, 0) is 56.1 Å². The van der Waals surface area contributed by atoms with E-state index in [1.165, 1.54) is 12.0 Å². The third-order valence-electron chi connectivity index (χ3n) is 7.74. The number of imide groups is 1. The van der Waals surface area contributed by atoms with Gasteiger partial charge in [-0.1, -0.05) is 29.3 Å². The Morgan fingerprint density at radius 2 is 1.91 bits per heavy atom. The molecule has 3 saturated heterocycles. The van der Waals surface area contributed by atoms with Crippen LogP contribution in [0.25, 0.3) is 0 Å². The largest absolute Gasteiger partial charge is 0.495 e. The van der Waals surface area contributed by atoms with Crippen molar-refractivity contribution in [3.63, 3.8) is 0 Å². The van der Waals surface area contributed by atoms with Crippen LogP contribution in [-0.2, 0) is 19.9 Å². The molecule has 3 amide bonds. The van der Waals surface area contributed by atoms with Gasteiger partial charge < -0.3 is 10.1 Å². The molecule has 0 aromatic heterocycles. The quantitative estimate of drug-likeness (QED) is 0.655. The van der Waals surface area contributed by atoms with E-state index in [0.29, 0.717) is 33.7 Å². The number of anilines is 2. The number of halogens is 2. The Kier molecular flexibility index (Phi) is 4.41. The smallest absolute Gasteiger partial charge is 0.250 e. The number of nitrogens with zero attached hydrogens (tertiary/aromatic N) is 2. The maximum Gasteiger partial charge on any atom is 0.250 e. The van der Waals surface area contributed by atoms with Crippen LogP contribution in [0.15, 0.2) is 30.3 Å². The Hall–Kier alpha value is -2.61. The monoisotopic (exact) mass is 485 g/mol. The summed E-state index contributed by atoms with van der Waals surface area (Å²) >= 11 is 12.6. The molecule has 4 heterocycles. The van der Waals surface area contributed by atoms with Crippen molar-refractivity contribution in [2.24, 2.45) is 11.8 Å². The Morgan fingerprint density at radius 3 is 2.67 bits per heavy atom. The van der Waals surface area contributed by atoms with Gasteiger partial charge in [0.05, 0.1) is 30.3 Å². The minimum absolute atomic E-state index is 0.200. The summed E-state index contributed by atoms with van der Waals surface area (Å²) in [5.41, 5.74) is 1.17. The van der Waals surface area contributed by atoms with E-state index in [2.05, 4.69) is 10.2 Å². The highest BCUT2D eigenvalue weighted by Crippen LogP contribution is 2.61. The molecule has 33 heavy (non-hydrogen) atoms. The first-order chi connectivity index (χ1) is 15.8. The van der Waals surface area contributed by atoms with Crippen LogP contribution in [0.4, 0.5) is 11.4 Å². The highest BCUT2D eigenvalue weighted by molar-refractivity contribution is 6.33. The van der Waals surface area contributed by atoms with E-state index in [4.69, 9.17) is 27.9 Å². The number of hydrogen-bond acceptors (Lipinski definition) is 5. The number of methoxy groups -OCH3 is 1. The van der Waals surface area contributed by atoms with Crippen LogP contribution in [-0.4, -0.2) is 42.3 Å². The fourth-order valence-corrected chi connectivity index (χ4v) is 6.79. The predicted molar refractivity (Wildman–Crippen MR) is 124 cm³/mol. The Morgan fingerprint density at radius 1 is 1.12 bits per heavy atom. The average molecular weight is 486 g/mol. The summed E-state index contributed by atoms with van der Waals surface area (Å²) in [6.45, 7) is 2.49. The van der Waals surface area contributed by atoms with Crippen LogP contribution < -0.4 is 15.0 Å². The van der Waals surface area contributed by atoms with Gasteiger partial charge in [-0.15, -0.1) is 0 Å². The second-order valence-electron chi connectivity index (χ2n) is 9.05. The molecule has 4 atom stereocenters. The molecule has 0 saturated carbocycles. The Labute approximate surface area is 200 Å². The van der Waals surface area contributed by atoms with E-state index >= 15 is 0 Å². The molecule has 4 aliphatic rings. The van der Waals surface area contributed by atoms with Gasteiger partial charge in [-0.25, -0.2) is 4.90 Å². The lowest BCUT2D eigenvalue weighted by Gasteiger charge is -2.36. The number of hydrogen-bond donors (Lipinski definition) is 1. The molecule has 0 bridgehead atoms. The lowest BCUT2D eigenvalue weighted by Crippen LogP contribution is -2.54. The molecule has 2 aromatic rings. The maximum absolute atomic E-state index is 14.1. The van der Waals surface area contributed by atoms with Crippen LogP contribution in [0.1, 0.15) is 24.0 Å². The van der Waals surface area contributed by atoms with Gasteiger partial charge in [0.1, 0.15) is 11.3 Å². The summed E-state index contributed by atoms with van der Waals surface area (Å²) < 4.78 is 5.43. The van der Waals surface area contributed by atoms with Crippen molar-refractivity contribution in [1.29, 1.82) is 0 Å². The average Bonchev–Trinajstić information content (AvgIpc) is 3.49. The zero-order valence-corrected chi connectivity index (χ0v) is 19.5. The Balaban J connectivity index is 1.57. The third kappa shape index (κ3) is 2.42. The van der Waals surface area contributed by atoms with Gasteiger partial charge in [0.15, 0.2) is 0 Å². The van der Waals surface area contributed by atoms with E-state index in [9.17, 15) is 14.4 Å². The van der Waals surface area contributed by atoms with E-state index in [-0.39, 0.29) is 17.9 Å². The van der Waals surface area contributed by atoms with Crippen molar-refractivity contribution < 1.29 is 19.1 Å². The van der Waals surface area contributed by atoms with Crippen molar-refractivity contribution in [2.75, 3.05) is 23.9 Å². The maximum atomic E-state index is 14.1. The first-order valence-electron chi connectivity index (χ1n) is 10.9. The van der Waals surface area contributed by atoms with Crippen LogP contribution in [0.2, 0.25) is 10.0 Å². The molecular weight excluding hydrogens is 465 g/mol. The van der Waals surface area contributed by atoms with E-state index in [1.54, 1.807) is 24.3 Å². The fourth-order valence-electron chi connectivity index (χ4n) is 6.47. The van der Waals surface area contributed by atoms with Crippen molar-refractivity contribution in [3.8, 4) is 5.75 Å². The van der Waals surface area contributed by atoms with Crippen molar-refractivity contribution in [3.05, 3.63) is 51.5 Å². The summed E-state index contributed by atoms with van der Waals surface area (Å²) in [6, 6.07) is 8.21. The standard InChI is InChI=1S/C24H21Cl2N3O4/c1-11-14(26)7-6-13-20(11)27-23(32)24(13)19-18(15-4-3-9-28(15)24)21(30)29(22(19)31)16-10-12(25)5-8-17(16)33-2/h5-8,10,15,18-19H,3-4,9H2,1-2H3,(H,27,32)/t15-,18+,19-,24+/m0/s1. The summed E-state index contributed by atoms with van der Waals surface area (Å²) in [4.78, 5) is 44.9. The summed E-state index contributed by atoms with van der Waals surface area (Å²) in [5, 5.41) is 3.92. The molecule has 0 unspecified atom stereocenters. The molecule has 2 aromatic carbocycles. The minimum Gasteiger partial charge on any atom is -0.495 e. The number of nitrogens with one attached hydrogen (secondary N) is 1. The summed E-state index contributed by atoms with van der Waals surface area (Å²) in [5.74, 6) is -2.10. The van der Waals surface area contributed by atoms with E-state index in [1.807, 2.05) is 13.0 Å². The molecule has 6 rings (SSSR count). The number of ether oxygens (including phenoxy) is 1. The van der Waals surface area contributed by atoms with E-state index in [0.717, 1.165) is 24.0 Å². The van der Waals surface area contributed by atoms with Crippen molar-refractivity contribution >= 4 is 52.3 Å². The van der Waals surface area contributed by atoms with Gasteiger partial charge in [0.2, 0.25) is 17.7 Å². The highest BCUT2D eigenvalue weighted by atomic mass is 35.5. The molecule has 4 aliphatic heterocycles. The molecule has 7 nitrogen and oxygen atoms in total. The molecule has 170 valence electrons. The number of benzene rings is 2. The highest BCUT2D eigenvalue weighted by Gasteiger charge is 2.74. The lowest BCUT2D eigenvalue weighted by atomic mass is 9.75. The minimum atomic E-state index is -1.25. The Bertz CT molecular complexity index is 1260. The number of carbonyl (C=O) groups is 3. The number of rotatable bonds is 2. The van der Waals surface area contributed by atoms with E-state index < -0.39 is 23.3 Å². The van der Waals surface area contributed by atoms with Gasteiger partial charge in [-0.3, -0.25) is 19.3 Å². The number of amides is 3. The van der Waals surface area contributed by atoms with Crippen LogP contribution in [0, 0.1) is 18.8 Å². The van der Waals surface area contributed by atoms with Crippen molar-refractivity contribution in [1.82, 2.24) is 4.90 Å². The van der Waals surface area contributed by atoms with Gasteiger partial charge >= 0.3 is 0 Å². The molecule has 0 radical (unpaired) electrons. The molecule has 3 fully saturated rings. The molecule has 1 spiro atoms. The molecule has 0 aliphatic carbocycles. The molecule has 1 N–H and O–H groups in total. The first-order valence-corrected chi connectivity index (χ1v) is 11.7. The lowest BCUT2D eigenvalue weighted by molar-refractivity contribution is -0.135. The normalized spacial score (nSPS) is 30.1. The number of carbonyl (C=O) groups excluding carboxylic acids is 3. The zero-order valence-electron chi connectivity index (χ0n) is 18.0. The summed E-state index contributed by atoms with van der Waals surface area (Å²) in [7, 11) is 1.48.